The highest BCUT2D eigenvalue weighted by Gasteiger charge is 2.47. The van der Waals surface area contributed by atoms with Gasteiger partial charge in [-0.2, -0.15) is 0 Å². The minimum absolute atomic E-state index is 0.223. The van der Waals surface area contributed by atoms with Gasteiger partial charge in [0, 0.05) is 29.8 Å². The van der Waals surface area contributed by atoms with Crippen LogP contribution in [0.1, 0.15) is 38.2 Å². The summed E-state index contributed by atoms with van der Waals surface area (Å²) >= 11 is 3.30. The van der Waals surface area contributed by atoms with Gasteiger partial charge in [0.05, 0.1) is 0 Å². The number of halogens is 1. The molecule has 0 radical (unpaired) electrons. The van der Waals surface area contributed by atoms with Crippen LogP contribution in [0, 0.1) is 0 Å². The zero-order chi connectivity index (χ0) is 17.3. The van der Waals surface area contributed by atoms with Crippen LogP contribution in [0.25, 0.3) is 6.08 Å². The second-order valence-electron chi connectivity index (χ2n) is 5.73. The van der Waals surface area contributed by atoms with Crippen molar-refractivity contribution in [1.82, 2.24) is 0 Å². The van der Waals surface area contributed by atoms with Gasteiger partial charge in [0.1, 0.15) is 11.3 Å². The van der Waals surface area contributed by atoms with E-state index in [0.29, 0.717) is 22.9 Å². The van der Waals surface area contributed by atoms with Crippen LogP contribution in [0.15, 0.2) is 28.2 Å². The van der Waals surface area contributed by atoms with Gasteiger partial charge in [0.15, 0.2) is 0 Å². The Kier molecular flexibility index (Phi) is 4.45. The topological polar surface area (TPSA) is 78.9 Å². The van der Waals surface area contributed by atoms with Gasteiger partial charge in [0.25, 0.3) is 5.79 Å². The molecule has 0 bridgehead atoms. The summed E-state index contributed by atoms with van der Waals surface area (Å²) in [6.07, 6.45) is 4.06. The van der Waals surface area contributed by atoms with Crippen molar-refractivity contribution in [1.29, 1.82) is 0 Å². The maximum Gasteiger partial charge on any atom is 0.348 e. The number of benzene rings is 1. The lowest BCUT2D eigenvalue weighted by Gasteiger charge is -2.32. The van der Waals surface area contributed by atoms with E-state index in [1.54, 1.807) is 18.2 Å². The summed E-state index contributed by atoms with van der Waals surface area (Å²) in [4.78, 5) is 35.8. The first kappa shape index (κ1) is 16.7. The first-order valence-corrected chi connectivity index (χ1v) is 8.34. The van der Waals surface area contributed by atoms with Crippen molar-refractivity contribution in [3.05, 3.63) is 33.8 Å². The van der Waals surface area contributed by atoms with E-state index >= 15 is 0 Å². The number of esters is 3. The zero-order valence-electron chi connectivity index (χ0n) is 13.0. The third kappa shape index (κ3) is 3.36. The molecule has 6 nitrogen and oxygen atoms in total. The van der Waals surface area contributed by atoms with Gasteiger partial charge < -0.3 is 14.2 Å². The third-order valence-corrected chi connectivity index (χ3v) is 4.38. The van der Waals surface area contributed by atoms with E-state index in [1.807, 2.05) is 0 Å². The molecule has 0 N–H and O–H groups in total. The molecule has 2 fully saturated rings. The molecule has 1 aromatic rings. The van der Waals surface area contributed by atoms with Gasteiger partial charge in [-0.3, -0.25) is 4.79 Å². The monoisotopic (exact) mass is 394 g/mol. The third-order valence-electron chi connectivity index (χ3n) is 3.89. The Morgan fingerprint density at radius 3 is 2.42 bits per heavy atom. The summed E-state index contributed by atoms with van der Waals surface area (Å²) in [5.74, 6) is -2.82. The fourth-order valence-electron chi connectivity index (χ4n) is 2.82. The largest absolute Gasteiger partial charge is 0.426 e. The zero-order valence-corrected chi connectivity index (χ0v) is 14.6. The van der Waals surface area contributed by atoms with E-state index in [0.717, 1.165) is 12.8 Å². The molecule has 1 saturated heterocycles. The molecule has 1 aliphatic carbocycles. The van der Waals surface area contributed by atoms with Crippen LogP contribution in [0.2, 0.25) is 0 Å². The average molecular weight is 395 g/mol. The quantitative estimate of drug-likeness (QED) is 0.331. The Labute approximate surface area is 146 Å². The molecule has 1 saturated carbocycles. The van der Waals surface area contributed by atoms with Crippen molar-refractivity contribution in [3.63, 3.8) is 0 Å². The van der Waals surface area contributed by atoms with Crippen molar-refractivity contribution in [2.45, 2.75) is 38.4 Å². The molecule has 7 heteroatoms. The Morgan fingerprint density at radius 2 is 1.83 bits per heavy atom. The van der Waals surface area contributed by atoms with E-state index in [-0.39, 0.29) is 11.3 Å². The molecular formula is C17H15BrO6. The molecule has 0 atom stereocenters. The van der Waals surface area contributed by atoms with Gasteiger partial charge in [-0.15, -0.1) is 0 Å². The lowest BCUT2D eigenvalue weighted by atomic mass is 10.1. The highest BCUT2D eigenvalue weighted by molar-refractivity contribution is 9.10. The predicted molar refractivity (Wildman–Crippen MR) is 86.8 cm³/mol. The number of hydrogen-bond donors (Lipinski definition) is 0. The summed E-state index contributed by atoms with van der Waals surface area (Å²) in [5, 5.41) is 0. The summed E-state index contributed by atoms with van der Waals surface area (Å²) in [6, 6.07) is 4.88. The fourth-order valence-corrected chi connectivity index (χ4v) is 3.20. The molecular weight excluding hydrogens is 380 g/mol. The minimum Gasteiger partial charge on any atom is -0.426 e. The fraction of sp³-hybridized carbons (Fsp3) is 0.353. The maximum atomic E-state index is 12.3. The Morgan fingerprint density at radius 1 is 1.21 bits per heavy atom. The number of ether oxygens (including phenoxy) is 3. The molecule has 1 spiro atoms. The molecule has 3 rings (SSSR count). The lowest BCUT2D eigenvalue weighted by molar-refractivity contribution is -0.232. The molecule has 126 valence electrons. The van der Waals surface area contributed by atoms with E-state index in [9.17, 15) is 14.4 Å². The first-order chi connectivity index (χ1) is 11.4. The first-order valence-electron chi connectivity index (χ1n) is 7.55. The molecule has 0 unspecified atom stereocenters. The molecule has 1 aromatic carbocycles. The lowest BCUT2D eigenvalue weighted by Crippen LogP contribution is -2.44. The van der Waals surface area contributed by atoms with Gasteiger partial charge >= 0.3 is 17.9 Å². The normalized spacial score (nSPS) is 19.0. The summed E-state index contributed by atoms with van der Waals surface area (Å²) in [7, 11) is 0. The van der Waals surface area contributed by atoms with Crippen molar-refractivity contribution in [2.75, 3.05) is 0 Å². The number of carbonyl (C=O) groups excluding carboxylic acids is 3. The SMILES string of the molecule is CC(=O)Oc1ccc(Br)cc1C=C1C(=O)OC2(CCCC2)OC1=O. The van der Waals surface area contributed by atoms with Crippen molar-refractivity contribution in [3.8, 4) is 5.75 Å². The van der Waals surface area contributed by atoms with Crippen LogP contribution in [0.4, 0.5) is 0 Å². The molecule has 0 aromatic heterocycles. The van der Waals surface area contributed by atoms with Crippen molar-refractivity contribution >= 4 is 39.9 Å². The van der Waals surface area contributed by atoms with Crippen LogP contribution < -0.4 is 4.74 Å². The highest BCUT2D eigenvalue weighted by Crippen LogP contribution is 2.39. The minimum atomic E-state index is -1.11. The van der Waals surface area contributed by atoms with Crippen molar-refractivity contribution < 1.29 is 28.6 Å². The van der Waals surface area contributed by atoms with Crippen LogP contribution in [0.5, 0.6) is 5.75 Å². The second-order valence-corrected chi connectivity index (χ2v) is 6.65. The van der Waals surface area contributed by atoms with Crippen LogP contribution in [-0.4, -0.2) is 23.7 Å². The molecule has 1 heterocycles. The Bertz CT molecular complexity index is 723. The maximum absolute atomic E-state index is 12.3. The highest BCUT2D eigenvalue weighted by atomic mass is 79.9. The van der Waals surface area contributed by atoms with Gasteiger partial charge in [-0.25, -0.2) is 9.59 Å². The van der Waals surface area contributed by atoms with Crippen LogP contribution >= 0.6 is 15.9 Å². The number of carbonyl (C=O) groups is 3. The molecule has 24 heavy (non-hydrogen) atoms. The average Bonchev–Trinajstić information content (AvgIpc) is 2.93. The van der Waals surface area contributed by atoms with E-state index in [2.05, 4.69) is 15.9 Å². The molecule has 1 aliphatic heterocycles. The summed E-state index contributed by atoms with van der Waals surface area (Å²) in [5.41, 5.74) is 0.171. The summed E-state index contributed by atoms with van der Waals surface area (Å²) in [6.45, 7) is 1.27. The molecule has 2 aliphatic rings. The van der Waals surface area contributed by atoms with Crippen LogP contribution in [0.3, 0.4) is 0 Å². The van der Waals surface area contributed by atoms with E-state index in [4.69, 9.17) is 14.2 Å². The second kappa shape index (κ2) is 6.39. The smallest absolute Gasteiger partial charge is 0.348 e. The predicted octanol–water partition coefficient (Wildman–Crippen LogP) is 3.13. The molecule has 0 amide bonds. The Balaban J connectivity index is 1.94. The van der Waals surface area contributed by atoms with Gasteiger partial charge in [-0.1, -0.05) is 15.9 Å². The standard InChI is InChI=1S/C17H15BrO6/c1-10(19)22-14-5-4-12(18)8-11(14)9-13-15(20)23-17(24-16(13)21)6-2-3-7-17/h4-5,8-9H,2-3,6-7H2,1H3. The van der Waals surface area contributed by atoms with E-state index < -0.39 is 23.7 Å². The van der Waals surface area contributed by atoms with Crippen LogP contribution in [-0.2, 0) is 23.9 Å². The summed E-state index contributed by atoms with van der Waals surface area (Å²) < 4.78 is 16.5. The van der Waals surface area contributed by atoms with Gasteiger partial charge in [0.2, 0.25) is 0 Å². The number of hydrogen-bond acceptors (Lipinski definition) is 6. The number of rotatable bonds is 2. The Hall–Kier alpha value is -2.15. The van der Waals surface area contributed by atoms with E-state index in [1.165, 1.54) is 13.0 Å². The van der Waals surface area contributed by atoms with Crippen molar-refractivity contribution in [2.24, 2.45) is 0 Å². The van der Waals surface area contributed by atoms with Gasteiger partial charge in [-0.05, 0) is 37.1 Å².